The number of ether oxygens (including phenoxy) is 1. The number of pyridine rings is 1. The molecule has 0 N–H and O–H groups in total. The first-order valence-corrected chi connectivity index (χ1v) is 6.08. The molecule has 2 aromatic rings. The molecule has 16 heavy (non-hydrogen) atoms. The third kappa shape index (κ3) is 2.90. The molecule has 2 aromatic heterocycles. The number of nitrogens with zero attached hydrogens (tertiary/aromatic N) is 3. The number of aromatic nitrogens is 3. The maximum atomic E-state index is 5.67. The summed E-state index contributed by atoms with van der Waals surface area (Å²) >= 11 is 12.2. The van der Waals surface area contributed by atoms with Crippen molar-refractivity contribution in [1.82, 2.24) is 15.0 Å². The van der Waals surface area contributed by atoms with Crippen LogP contribution in [-0.2, 0) is 0 Å². The molecule has 82 valence electrons. The summed E-state index contributed by atoms with van der Waals surface area (Å²) in [7, 11) is 0. The second kappa shape index (κ2) is 5.07. The smallest absolute Gasteiger partial charge is 0.238 e. The summed E-state index contributed by atoms with van der Waals surface area (Å²) in [4.78, 5) is 11.7. The maximum Gasteiger partial charge on any atom is 0.238 e. The Morgan fingerprint density at radius 2 is 2.00 bits per heavy atom. The van der Waals surface area contributed by atoms with Gasteiger partial charge in [0.05, 0.1) is 10.7 Å². The minimum atomic E-state index is 0.126. The van der Waals surface area contributed by atoms with Gasteiger partial charge in [0.25, 0.3) is 0 Å². The van der Waals surface area contributed by atoms with Crippen molar-refractivity contribution in [3.8, 4) is 11.6 Å². The lowest BCUT2D eigenvalue weighted by Gasteiger charge is -2.05. The first kappa shape index (κ1) is 11.8. The fourth-order valence-electron chi connectivity index (χ4n) is 0.963. The molecular weight excluding hydrogens is 361 g/mol. The predicted octanol–water partition coefficient (Wildman–Crippen LogP) is 3.84. The lowest BCUT2D eigenvalue weighted by molar-refractivity contribution is 0.455. The highest BCUT2D eigenvalue weighted by Gasteiger charge is 2.06. The standard InChI is InChI=1S/C9H4Br2ClN3O/c10-5-1-6(3-13-2-5)16-8-7(11)4-14-9(12)15-8/h1-4H. The molecule has 7 heteroatoms. The van der Waals surface area contributed by atoms with E-state index in [9.17, 15) is 0 Å². The summed E-state index contributed by atoms with van der Waals surface area (Å²) < 4.78 is 6.94. The van der Waals surface area contributed by atoms with Gasteiger partial charge in [-0.05, 0) is 49.5 Å². The monoisotopic (exact) mass is 363 g/mol. The number of hydrogen-bond acceptors (Lipinski definition) is 4. The molecule has 0 atom stereocenters. The van der Waals surface area contributed by atoms with Gasteiger partial charge < -0.3 is 4.74 Å². The van der Waals surface area contributed by atoms with Crippen molar-refractivity contribution in [2.75, 3.05) is 0 Å². The van der Waals surface area contributed by atoms with Crippen molar-refractivity contribution in [3.05, 3.63) is 38.9 Å². The van der Waals surface area contributed by atoms with E-state index in [4.69, 9.17) is 16.3 Å². The summed E-state index contributed by atoms with van der Waals surface area (Å²) in [6.07, 6.45) is 4.76. The van der Waals surface area contributed by atoms with Crippen LogP contribution < -0.4 is 4.74 Å². The van der Waals surface area contributed by atoms with Crippen LogP contribution >= 0.6 is 43.5 Å². The molecule has 0 aliphatic rings. The van der Waals surface area contributed by atoms with Gasteiger partial charge in [-0.25, -0.2) is 4.98 Å². The van der Waals surface area contributed by atoms with Gasteiger partial charge in [0.1, 0.15) is 5.75 Å². The Kier molecular flexibility index (Phi) is 3.73. The lowest BCUT2D eigenvalue weighted by atomic mass is 10.5. The average molecular weight is 365 g/mol. The van der Waals surface area contributed by atoms with Crippen LogP contribution in [0.2, 0.25) is 5.28 Å². The van der Waals surface area contributed by atoms with Crippen LogP contribution in [0.4, 0.5) is 0 Å². The maximum absolute atomic E-state index is 5.67. The van der Waals surface area contributed by atoms with E-state index in [1.165, 1.54) is 6.20 Å². The first-order valence-electron chi connectivity index (χ1n) is 4.11. The highest BCUT2D eigenvalue weighted by atomic mass is 79.9. The topological polar surface area (TPSA) is 47.9 Å². The van der Waals surface area contributed by atoms with Crippen LogP contribution in [0.5, 0.6) is 11.6 Å². The molecule has 0 spiro atoms. The van der Waals surface area contributed by atoms with Gasteiger partial charge in [-0.3, -0.25) is 4.98 Å². The fraction of sp³-hybridized carbons (Fsp3) is 0. The van der Waals surface area contributed by atoms with Crippen molar-refractivity contribution < 1.29 is 4.74 Å². The molecule has 0 fully saturated rings. The second-order valence-corrected chi connectivity index (χ2v) is 4.84. The van der Waals surface area contributed by atoms with Crippen molar-refractivity contribution >= 4 is 43.5 Å². The molecular formula is C9H4Br2ClN3O. The van der Waals surface area contributed by atoms with E-state index >= 15 is 0 Å². The minimum absolute atomic E-state index is 0.126. The molecule has 0 radical (unpaired) electrons. The van der Waals surface area contributed by atoms with Crippen LogP contribution in [-0.4, -0.2) is 15.0 Å². The summed E-state index contributed by atoms with van der Waals surface area (Å²) in [5.74, 6) is 0.907. The molecule has 2 rings (SSSR count). The molecule has 0 aliphatic heterocycles. The van der Waals surface area contributed by atoms with Gasteiger partial charge in [-0.15, -0.1) is 0 Å². The zero-order chi connectivity index (χ0) is 11.5. The first-order chi connectivity index (χ1) is 7.65. The summed E-state index contributed by atoms with van der Waals surface area (Å²) in [6.45, 7) is 0. The van der Waals surface area contributed by atoms with Gasteiger partial charge in [-0.1, -0.05) is 0 Å². The van der Waals surface area contributed by atoms with Crippen LogP contribution in [0, 0.1) is 0 Å². The third-order valence-corrected chi connectivity index (χ3v) is 2.74. The van der Waals surface area contributed by atoms with Gasteiger partial charge in [-0.2, -0.15) is 4.98 Å². The Morgan fingerprint density at radius 1 is 1.19 bits per heavy atom. The predicted molar refractivity (Wildman–Crippen MR) is 66.8 cm³/mol. The Hall–Kier alpha value is -0.720. The van der Waals surface area contributed by atoms with Crippen LogP contribution in [0.15, 0.2) is 33.6 Å². The van der Waals surface area contributed by atoms with Crippen LogP contribution in [0.1, 0.15) is 0 Å². The second-order valence-electron chi connectivity index (χ2n) is 2.73. The van der Waals surface area contributed by atoms with Gasteiger partial charge >= 0.3 is 0 Å². The Bertz CT molecular complexity index is 524. The highest BCUT2D eigenvalue weighted by molar-refractivity contribution is 9.10. The third-order valence-electron chi connectivity index (χ3n) is 1.58. The molecule has 0 bridgehead atoms. The molecule has 4 nitrogen and oxygen atoms in total. The van der Waals surface area contributed by atoms with E-state index in [0.717, 1.165) is 4.47 Å². The molecule has 0 saturated carbocycles. The van der Waals surface area contributed by atoms with E-state index < -0.39 is 0 Å². The molecule has 0 aromatic carbocycles. The lowest BCUT2D eigenvalue weighted by Crippen LogP contribution is -1.92. The zero-order valence-electron chi connectivity index (χ0n) is 7.69. The van der Waals surface area contributed by atoms with E-state index in [1.54, 1.807) is 18.5 Å². The zero-order valence-corrected chi connectivity index (χ0v) is 11.6. The van der Waals surface area contributed by atoms with Crippen LogP contribution in [0.3, 0.4) is 0 Å². The van der Waals surface area contributed by atoms with Crippen molar-refractivity contribution in [2.45, 2.75) is 0 Å². The van der Waals surface area contributed by atoms with Crippen LogP contribution in [0.25, 0.3) is 0 Å². The van der Waals surface area contributed by atoms with E-state index in [2.05, 4.69) is 46.8 Å². The van der Waals surface area contributed by atoms with E-state index in [1.807, 2.05) is 0 Å². The minimum Gasteiger partial charge on any atom is -0.436 e. The highest BCUT2D eigenvalue weighted by Crippen LogP contribution is 2.28. The average Bonchev–Trinajstić information content (AvgIpc) is 2.24. The van der Waals surface area contributed by atoms with Crippen molar-refractivity contribution in [2.24, 2.45) is 0 Å². The fourth-order valence-corrected chi connectivity index (χ4v) is 1.70. The Balaban J connectivity index is 2.30. The Labute approximate surface area is 113 Å². The quantitative estimate of drug-likeness (QED) is 0.759. The summed E-state index contributed by atoms with van der Waals surface area (Å²) in [6, 6.07) is 1.77. The SMILES string of the molecule is Clc1ncc(Br)c(Oc2cncc(Br)c2)n1. The largest absolute Gasteiger partial charge is 0.436 e. The molecule has 0 saturated heterocycles. The van der Waals surface area contributed by atoms with Crippen molar-refractivity contribution in [3.63, 3.8) is 0 Å². The van der Waals surface area contributed by atoms with Gasteiger partial charge in [0.2, 0.25) is 11.2 Å². The normalized spacial score (nSPS) is 10.2. The molecule has 0 unspecified atom stereocenters. The summed E-state index contributed by atoms with van der Waals surface area (Å²) in [5.41, 5.74) is 0. The number of rotatable bonds is 2. The molecule has 0 amide bonds. The van der Waals surface area contributed by atoms with Crippen molar-refractivity contribution in [1.29, 1.82) is 0 Å². The number of halogens is 3. The van der Waals surface area contributed by atoms with E-state index in [0.29, 0.717) is 16.1 Å². The molecule has 2 heterocycles. The van der Waals surface area contributed by atoms with Gasteiger partial charge in [0.15, 0.2) is 0 Å². The van der Waals surface area contributed by atoms with Gasteiger partial charge in [0, 0.05) is 16.9 Å². The Morgan fingerprint density at radius 3 is 2.75 bits per heavy atom. The molecule has 0 aliphatic carbocycles. The van der Waals surface area contributed by atoms with E-state index in [-0.39, 0.29) is 5.28 Å². The number of hydrogen-bond donors (Lipinski definition) is 0. The summed E-state index contributed by atoms with van der Waals surface area (Å²) in [5, 5.41) is 0.126.